The molecule has 0 spiro atoms. The molecule has 392 valence electrons. The highest BCUT2D eigenvalue weighted by Crippen LogP contribution is 2.48. The number of carbonyl (C=O) groups excluding carboxylic acids is 6. The first-order valence-electron chi connectivity index (χ1n) is 25.0. The van der Waals surface area contributed by atoms with Crippen LogP contribution in [0.4, 0.5) is 0 Å². The van der Waals surface area contributed by atoms with E-state index in [2.05, 4.69) is 42.2 Å². The van der Waals surface area contributed by atoms with E-state index in [1.807, 2.05) is 88.4 Å². The van der Waals surface area contributed by atoms with E-state index >= 15 is 0 Å². The first-order chi connectivity index (χ1) is 34.4. The van der Waals surface area contributed by atoms with Crippen molar-refractivity contribution in [2.75, 3.05) is 45.4 Å². The third-order valence-corrected chi connectivity index (χ3v) is 16.8. The lowest BCUT2D eigenvalue weighted by molar-refractivity contribution is -0.144. The molecular formula is C51H73N11O8S2. The normalized spacial score (nSPS) is 25.2. The zero-order valence-corrected chi connectivity index (χ0v) is 44.4. The fourth-order valence-electron chi connectivity index (χ4n) is 10.0. The molecule has 72 heavy (non-hydrogen) atoms. The molecule has 0 bridgehead atoms. The van der Waals surface area contributed by atoms with Gasteiger partial charge in [-0.2, -0.15) is 0 Å². The Morgan fingerprint density at radius 2 is 1.14 bits per heavy atom. The van der Waals surface area contributed by atoms with E-state index in [0.717, 1.165) is 11.1 Å². The highest BCUT2D eigenvalue weighted by atomic mass is 32.2. The van der Waals surface area contributed by atoms with E-state index in [0.29, 0.717) is 49.4 Å². The number of aromatic nitrogens is 3. The van der Waals surface area contributed by atoms with Crippen LogP contribution in [0.2, 0.25) is 0 Å². The topological polar surface area (TPSA) is 230 Å². The molecule has 5 heterocycles. The third-order valence-electron chi connectivity index (χ3n) is 14.3. The molecule has 4 saturated heterocycles. The van der Waals surface area contributed by atoms with E-state index in [4.69, 9.17) is 9.47 Å². The Labute approximate surface area is 431 Å². The maximum Gasteiger partial charge on any atom is 0.246 e. The molecule has 19 nitrogen and oxygen atoms in total. The molecule has 3 aromatic rings. The number of thioether (sulfide) groups is 2. The fraction of sp³-hybridized carbons (Fsp3) is 0.608. The number of likely N-dealkylation sites (N-methyl/N-ethyl adjacent to an activating group) is 2. The molecule has 0 saturated carbocycles. The molecule has 2 aromatic carbocycles. The first-order valence-corrected chi connectivity index (χ1v) is 27.1. The van der Waals surface area contributed by atoms with Crippen molar-refractivity contribution in [3.63, 3.8) is 0 Å². The lowest BCUT2D eigenvalue weighted by Gasteiger charge is -2.35. The molecule has 4 fully saturated rings. The van der Waals surface area contributed by atoms with Crippen molar-refractivity contribution in [1.29, 1.82) is 0 Å². The summed E-state index contributed by atoms with van der Waals surface area (Å²) in [5, 5.41) is 26.3. The van der Waals surface area contributed by atoms with Gasteiger partial charge in [-0.25, -0.2) is 4.68 Å². The SMILES string of the molecule is CN[C@@H](C)C(=O)NC1CCSC2CC(C)(C)C(C(=O)N[C@H](COCCn3cc(COC[C@@H](NC(=O)[C@H]4N5C(=O)[C@@H](NC(=O)[C@H](C)NC)CCS[C@H]5CC4(C)C)c4ccccc4)nn3)c3ccccc3)N2C1=O. The van der Waals surface area contributed by atoms with Crippen LogP contribution in [0.3, 0.4) is 0 Å². The van der Waals surface area contributed by atoms with E-state index in [1.54, 1.807) is 72.1 Å². The number of carbonyl (C=O) groups is 6. The molecule has 6 N–H and O–H groups in total. The quantitative estimate of drug-likeness (QED) is 0.0844. The van der Waals surface area contributed by atoms with E-state index < -0.39 is 59.2 Å². The van der Waals surface area contributed by atoms with Crippen LogP contribution in [0, 0.1) is 10.8 Å². The largest absolute Gasteiger partial charge is 0.377 e. The van der Waals surface area contributed by atoms with Crippen LogP contribution in [-0.2, 0) is 51.4 Å². The number of fused-ring (bicyclic) bond motifs is 2. The Balaban J connectivity index is 0.944. The number of benzene rings is 2. The number of amides is 6. The predicted octanol–water partition coefficient (Wildman–Crippen LogP) is 2.89. The minimum atomic E-state index is -0.771. The summed E-state index contributed by atoms with van der Waals surface area (Å²) in [6.45, 7) is 12.5. The zero-order chi connectivity index (χ0) is 51.7. The van der Waals surface area contributed by atoms with Gasteiger partial charge in [0, 0.05) is 0 Å². The Kier molecular flexibility index (Phi) is 18.5. The second-order valence-corrected chi connectivity index (χ2v) is 23.1. The molecule has 21 heteroatoms. The van der Waals surface area contributed by atoms with E-state index in [1.165, 1.54) is 0 Å². The van der Waals surface area contributed by atoms with Crippen LogP contribution in [0.15, 0.2) is 66.9 Å². The van der Waals surface area contributed by atoms with Crippen LogP contribution in [0.1, 0.15) is 96.1 Å². The maximum absolute atomic E-state index is 14.4. The van der Waals surface area contributed by atoms with Gasteiger partial charge in [-0.05, 0) is 87.1 Å². The van der Waals surface area contributed by atoms with Gasteiger partial charge >= 0.3 is 0 Å². The average molecular weight is 1030 g/mol. The number of nitrogens with one attached hydrogen (secondary N) is 6. The summed E-state index contributed by atoms with van der Waals surface area (Å²) in [5.74, 6) is -0.238. The van der Waals surface area contributed by atoms with E-state index in [-0.39, 0.29) is 72.6 Å². The number of hydrogen-bond donors (Lipinski definition) is 6. The molecule has 4 aliphatic rings. The Bertz CT molecular complexity index is 2360. The molecule has 0 radical (unpaired) electrons. The minimum Gasteiger partial charge on any atom is -0.377 e. The molecule has 3 unspecified atom stereocenters. The van der Waals surface area contributed by atoms with Crippen LogP contribution in [-0.4, -0.2) is 153 Å². The first kappa shape index (κ1) is 54.7. The Hall–Kier alpha value is -5.06. The maximum atomic E-state index is 14.4. The van der Waals surface area contributed by atoms with Crippen LogP contribution in [0.5, 0.6) is 0 Å². The van der Waals surface area contributed by atoms with Gasteiger partial charge in [-0.1, -0.05) is 93.6 Å². The smallest absolute Gasteiger partial charge is 0.246 e. The Morgan fingerprint density at radius 1 is 0.694 bits per heavy atom. The molecule has 1 aromatic heterocycles. The van der Waals surface area contributed by atoms with Gasteiger partial charge in [0.05, 0.1) is 74.1 Å². The zero-order valence-electron chi connectivity index (χ0n) is 42.7. The molecule has 4 aliphatic heterocycles. The molecule has 6 amide bonds. The van der Waals surface area contributed by atoms with E-state index in [9.17, 15) is 28.8 Å². The minimum absolute atomic E-state index is 0.116. The monoisotopic (exact) mass is 1030 g/mol. The van der Waals surface area contributed by atoms with Gasteiger partial charge in [-0.3, -0.25) is 28.8 Å². The molecule has 7 rings (SSSR count). The lowest BCUT2D eigenvalue weighted by atomic mass is 9.83. The summed E-state index contributed by atoms with van der Waals surface area (Å²) in [6, 6.07) is 14.1. The highest BCUT2D eigenvalue weighted by Gasteiger charge is 2.56. The summed E-state index contributed by atoms with van der Waals surface area (Å²) in [6.07, 6.45) is 4.00. The van der Waals surface area contributed by atoms with Crippen molar-refractivity contribution in [3.05, 3.63) is 83.7 Å². The number of hydrogen-bond acceptors (Lipinski definition) is 14. The average Bonchev–Trinajstić information content (AvgIpc) is 3.95. The van der Waals surface area contributed by atoms with Crippen molar-refractivity contribution >= 4 is 59.0 Å². The van der Waals surface area contributed by atoms with Crippen molar-refractivity contribution in [2.24, 2.45) is 10.8 Å². The van der Waals surface area contributed by atoms with Gasteiger partial charge in [0.1, 0.15) is 29.9 Å². The van der Waals surface area contributed by atoms with Gasteiger partial charge in [0.25, 0.3) is 0 Å². The lowest BCUT2D eigenvalue weighted by Crippen LogP contribution is -2.58. The van der Waals surface area contributed by atoms with Crippen LogP contribution >= 0.6 is 23.5 Å². The van der Waals surface area contributed by atoms with Crippen LogP contribution < -0.4 is 31.9 Å². The molecular weight excluding hydrogens is 959 g/mol. The van der Waals surface area contributed by atoms with Gasteiger partial charge in [0.15, 0.2) is 0 Å². The van der Waals surface area contributed by atoms with Crippen LogP contribution in [0.25, 0.3) is 0 Å². The Morgan fingerprint density at radius 3 is 1.58 bits per heavy atom. The summed E-state index contributed by atoms with van der Waals surface area (Å²) in [7, 11) is 3.39. The summed E-state index contributed by atoms with van der Waals surface area (Å²) in [5.41, 5.74) is 1.20. The number of ether oxygens (including phenoxy) is 2. The van der Waals surface area contributed by atoms with Crippen molar-refractivity contribution in [3.8, 4) is 0 Å². The molecule has 0 aliphatic carbocycles. The summed E-state index contributed by atoms with van der Waals surface area (Å²) >= 11 is 3.30. The summed E-state index contributed by atoms with van der Waals surface area (Å²) < 4.78 is 14.1. The summed E-state index contributed by atoms with van der Waals surface area (Å²) in [4.78, 5) is 86.3. The van der Waals surface area contributed by atoms with Crippen molar-refractivity contribution < 1.29 is 38.2 Å². The second-order valence-electron chi connectivity index (χ2n) is 20.6. The number of rotatable bonds is 21. The third kappa shape index (κ3) is 13.0. The fourth-order valence-corrected chi connectivity index (χ4v) is 13.2. The standard InChI is InChI=1S/C51H73N11O8S2/c1-31(52-7)44(63)54-36-19-23-71-40-25-50(3,4)42(61(40)48(36)67)46(65)56-38(33-15-11-9-12-16-33)29-69-22-21-60-27-35(58-59-60)28-70-30-39(34-17-13-10-14-18-34)57-47(66)43-51(5,6)26-41-62(43)49(68)37(20-24-72-41)55-45(64)32(2)53-8/h9-18,27,31-32,36-43,52-53H,19-26,28-30H2,1-8H3,(H,54,63)(H,55,64)(H,56,65)(H,57,66)/t31-,32-,36?,37-,38+,39+,40?,41-,42?,43+/m0/s1. The highest BCUT2D eigenvalue weighted by molar-refractivity contribution is 8.00. The van der Waals surface area contributed by atoms with Crippen molar-refractivity contribution in [2.45, 2.75) is 139 Å². The van der Waals surface area contributed by atoms with Gasteiger partial charge in [-0.15, -0.1) is 28.6 Å². The second kappa shape index (κ2) is 24.3. The van der Waals surface area contributed by atoms with Gasteiger partial charge in [0.2, 0.25) is 35.4 Å². The van der Waals surface area contributed by atoms with Gasteiger partial charge < -0.3 is 51.2 Å². The predicted molar refractivity (Wildman–Crippen MR) is 276 cm³/mol. The van der Waals surface area contributed by atoms with Crippen molar-refractivity contribution in [1.82, 2.24) is 56.7 Å². The molecule has 10 atom stereocenters. The number of nitrogens with zero attached hydrogens (tertiary/aromatic N) is 5.